The number of hydrogen-bond donors (Lipinski definition) is 2. The fraction of sp³-hybridized carbons (Fsp3) is 0. The van der Waals surface area contributed by atoms with Gasteiger partial charge in [0, 0.05) is 10.5 Å². The smallest absolute Gasteiger partial charge is 0.263 e. The van der Waals surface area contributed by atoms with Crippen molar-refractivity contribution in [2.24, 2.45) is 0 Å². The Bertz CT molecular complexity index is 719. The zero-order valence-electron chi connectivity index (χ0n) is 9.47. The third kappa shape index (κ3) is 3.05. The van der Waals surface area contributed by atoms with E-state index in [-0.39, 0.29) is 16.3 Å². The summed E-state index contributed by atoms with van der Waals surface area (Å²) in [7, 11) is -3.91. The molecule has 0 radical (unpaired) electrons. The SMILES string of the molecule is O=S(=O)(Nc1cc(F)ccc1O)c1ccccc1Br. The molecule has 0 spiro atoms. The van der Waals surface area contributed by atoms with Crippen LogP contribution in [0.5, 0.6) is 5.75 Å². The average Bonchev–Trinajstić information content (AvgIpc) is 2.34. The first-order valence-electron chi connectivity index (χ1n) is 5.16. The summed E-state index contributed by atoms with van der Waals surface area (Å²) in [5.41, 5.74) is -0.212. The van der Waals surface area contributed by atoms with Crippen molar-refractivity contribution < 1.29 is 17.9 Å². The number of rotatable bonds is 3. The second-order valence-corrected chi connectivity index (χ2v) is 6.20. The quantitative estimate of drug-likeness (QED) is 0.840. The van der Waals surface area contributed by atoms with E-state index in [4.69, 9.17) is 0 Å². The highest BCUT2D eigenvalue weighted by atomic mass is 79.9. The lowest BCUT2D eigenvalue weighted by Crippen LogP contribution is -2.13. The molecule has 2 N–H and O–H groups in total. The van der Waals surface area contributed by atoms with Gasteiger partial charge in [-0.3, -0.25) is 4.72 Å². The molecule has 4 nitrogen and oxygen atoms in total. The van der Waals surface area contributed by atoms with E-state index in [2.05, 4.69) is 20.7 Å². The number of phenols is 1. The maximum Gasteiger partial charge on any atom is 0.263 e. The standard InChI is InChI=1S/C12H9BrFNO3S/c13-9-3-1-2-4-12(9)19(17,18)15-10-7-8(14)5-6-11(10)16/h1-7,15-16H. The normalized spacial score (nSPS) is 11.3. The molecule has 0 amide bonds. The second kappa shape index (κ2) is 5.18. The van der Waals surface area contributed by atoms with Crippen LogP contribution in [0.25, 0.3) is 0 Å². The first-order chi connectivity index (χ1) is 8.90. The van der Waals surface area contributed by atoms with Gasteiger partial charge in [-0.25, -0.2) is 12.8 Å². The van der Waals surface area contributed by atoms with Crippen LogP contribution in [0.3, 0.4) is 0 Å². The number of sulfonamides is 1. The molecule has 0 unspecified atom stereocenters. The lowest BCUT2D eigenvalue weighted by molar-refractivity contribution is 0.475. The van der Waals surface area contributed by atoms with Gasteiger partial charge >= 0.3 is 0 Å². The molecule has 0 aliphatic heterocycles. The molecule has 0 saturated carbocycles. The monoisotopic (exact) mass is 345 g/mol. The van der Waals surface area contributed by atoms with Gasteiger partial charge in [0.25, 0.3) is 10.0 Å². The highest BCUT2D eigenvalue weighted by Gasteiger charge is 2.18. The van der Waals surface area contributed by atoms with Crippen LogP contribution in [0.1, 0.15) is 0 Å². The van der Waals surface area contributed by atoms with Crippen LogP contribution in [0.2, 0.25) is 0 Å². The van der Waals surface area contributed by atoms with E-state index in [1.54, 1.807) is 18.2 Å². The summed E-state index contributed by atoms with van der Waals surface area (Å²) in [6.07, 6.45) is 0. The van der Waals surface area contributed by atoms with Gasteiger partial charge in [0.15, 0.2) is 0 Å². The molecule has 2 aromatic carbocycles. The van der Waals surface area contributed by atoms with Crippen molar-refractivity contribution in [2.45, 2.75) is 4.90 Å². The van der Waals surface area contributed by atoms with Crippen LogP contribution in [0, 0.1) is 5.82 Å². The molecular formula is C12H9BrFNO3S. The molecule has 0 aliphatic rings. The van der Waals surface area contributed by atoms with Crippen LogP contribution in [-0.2, 0) is 10.0 Å². The third-order valence-electron chi connectivity index (χ3n) is 2.33. The molecule has 0 atom stereocenters. The fourth-order valence-electron chi connectivity index (χ4n) is 1.45. The molecule has 0 saturated heterocycles. The van der Waals surface area contributed by atoms with Crippen LogP contribution >= 0.6 is 15.9 Å². The molecule has 100 valence electrons. The van der Waals surface area contributed by atoms with Crippen LogP contribution in [0.15, 0.2) is 51.8 Å². The number of anilines is 1. The summed E-state index contributed by atoms with van der Waals surface area (Å²) >= 11 is 3.12. The maximum atomic E-state index is 13.0. The Kier molecular flexibility index (Phi) is 3.77. The van der Waals surface area contributed by atoms with Crippen molar-refractivity contribution in [1.82, 2.24) is 0 Å². The molecule has 0 aromatic heterocycles. The van der Waals surface area contributed by atoms with Gasteiger partial charge in [-0.1, -0.05) is 12.1 Å². The van der Waals surface area contributed by atoms with E-state index in [1.807, 2.05) is 0 Å². The summed E-state index contributed by atoms with van der Waals surface area (Å²) in [4.78, 5) is -0.00124. The van der Waals surface area contributed by atoms with Gasteiger partial charge in [-0.15, -0.1) is 0 Å². The number of benzene rings is 2. The molecular weight excluding hydrogens is 337 g/mol. The number of halogens is 2. The van der Waals surface area contributed by atoms with Crippen LogP contribution in [-0.4, -0.2) is 13.5 Å². The van der Waals surface area contributed by atoms with E-state index in [0.717, 1.165) is 18.2 Å². The zero-order chi connectivity index (χ0) is 14.0. The summed E-state index contributed by atoms with van der Waals surface area (Å²) < 4.78 is 39.8. The van der Waals surface area contributed by atoms with E-state index in [1.165, 1.54) is 6.07 Å². The van der Waals surface area contributed by atoms with Gasteiger partial charge in [-0.05, 0) is 40.2 Å². The molecule has 0 heterocycles. The number of aromatic hydroxyl groups is 1. The Balaban J connectivity index is 2.43. The fourth-order valence-corrected chi connectivity index (χ4v) is 3.52. The second-order valence-electron chi connectivity index (χ2n) is 3.70. The predicted octanol–water partition coefficient (Wildman–Crippen LogP) is 3.09. The molecule has 0 bridgehead atoms. The summed E-state index contributed by atoms with van der Waals surface area (Å²) in [6.45, 7) is 0. The minimum Gasteiger partial charge on any atom is -0.506 e. The molecule has 7 heteroatoms. The predicted molar refractivity (Wildman–Crippen MR) is 73.0 cm³/mol. The number of phenolic OH excluding ortho intramolecular Hbond substituents is 1. The topological polar surface area (TPSA) is 66.4 Å². The van der Waals surface area contributed by atoms with Crippen LogP contribution < -0.4 is 4.72 Å². The molecule has 19 heavy (non-hydrogen) atoms. The Morgan fingerprint density at radius 1 is 1.16 bits per heavy atom. The number of hydrogen-bond acceptors (Lipinski definition) is 3. The van der Waals surface area contributed by atoms with Gasteiger partial charge in [0.1, 0.15) is 16.5 Å². The third-order valence-corrected chi connectivity index (χ3v) is 4.71. The van der Waals surface area contributed by atoms with Crippen molar-refractivity contribution in [3.63, 3.8) is 0 Å². The van der Waals surface area contributed by atoms with Crippen molar-refractivity contribution in [1.29, 1.82) is 0 Å². The van der Waals surface area contributed by atoms with Crippen molar-refractivity contribution in [2.75, 3.05) is 4.72 Å². The van der Waals surface area contributed by atoms with Crippen molar-refractivity contribution >= 4 is 31.6 Å². The maximum absolute atomic E-state index is 13.0. The molecule has 0 aliphatic carbocycles. The van der Waals surface area contributed by atoms with Gasteiger partial charge in [0.2, 0.25) is 0 Å². The van der Waals surface area contributed by atoms with Crippen LogP contribution in [0.4, 0.5) is 10.1 Å². The van der Waals surface area contributed by atoms with Crippen molar-refractivity contribution in [3.05, 3.63) is 52.8 Å². The van der Waals surface area contributed by atoms with Gasteiger partial charge in [0.05, 0.1) is 5.69 Å². The van der Waals surface area contributed by atoms with Gasteiger partial charge in [-0.2, -0.15) is 0 Å². The average molecular weight is 346 g/mol. The minimum absolute atomic E-state index is 0.00124. The minimum atomic E-state index is -3.91. The zero-order valence-corrected chi connectivity index (χ0v) is 11.9. The molecule has 2 aromatic rings. The highest BCUT2D eigenvalue weighted by Crippen LogP contribution is 2.28. The summed E-state index contributed by atoms with van der Waals surface area (Å²) in [5, 5.41) is 9.51. The summed E-state index contributed by atoms with van der Waals surface area (Å²) in [5.74, 6) is -1.00. The van der Waals surface area contributed by atoms with Crippen molar-refractivity contribution in [3.8, 4) is 5.75 Å². The Morgan fingerprint density at radius 2 is 1.84 bits per heavy atom. The summed E-state index contributed by atoms with van der Waals surface area (Å²) in [6, 6.07) is 9.21. The lowest BCUT2D eigenvalue weighted by Gasteiger charge is -2.10. The molecule has 0 fully saturated rings. The Hall–Kier alpha value is -1.60. The lowest BCUT2D eigenvalue weighted by atomic mass is 10.3. The van der Waals surface area contributed by atoms with E-state index >= 15 is 0 Å². The molecule has 2 rings (SSSR count). The number of nitrogens with one attached hydrogen (secondary N) is 1. The highest BCUT2D eigenvalue weighted by molar-refractivity contribution is 9.10. The van der Waals surface area contributed by atoms with E-state index < -0.39 is 15.8 Å². The Morgan fingerprint density at radius 3 is 2.53 bits per heavy atom. The Labute approximate surface area is 118 Å². The van der Waals surface area contributed by atoms with E-state index in [9.17, 15) is 17.9 Å². The first-order valence-corrected chi connectivity index (χ1v) is 7.43. The van der Waals surface area contributed by atoms with Gasteiger partial charge < -0.3 is 5.11 Å². The van der Waals surface area contributed by atoms with E-state index in [0.29, 0.717) is 4.47 Å². The largest absolute Gasteiger partial charge is 0.506 e. The first kappa shape index (κ1) is 13.8.